The van der Waals surface area contributed by atoms with E-state index < -0.39 is 5.56 Å². The van der Waals surface area contributed by atoms with Gasteiger partial charge in [0.1, 0.15) is 5.01 Å². The number of rotatable bonds is 5. The molecule has 0 aliphatic carbocycles. The standard InChI is InChI=1S/C20H16N4O3S2/c1-11-2-7-14-15(8-11)29-19(22-14)12-3-5-13(6-4-12)21-18(27)10-28-20-23-16(25)9-17(26)24-20/h2-9H,10H2,1H3,(H,21,27)(H2,23,24,25,26). The molecule has 0 aliphatic heterocycles. The van der Waals surface area contributed by atoms with E-state index in [-0.39, 0.29) is 22.7 Å². The van der Waals surface area contributed by atoms with Crippen molar-refractivity contribution in [3.8, 4) is 16.5 Å². The molecule has 2 aromatic heterocycles. The highest BCUT2D eigenvalue weighted by Crippen LogP contribution is 2.31. The fourth-order valence-electron chi connectivity index (χ4n) is 2.67. The van der Waals surface area contributed by atoms with Gasteiger partial charge in [-0.25, -0.2) is 4.98 Å². The van der Waals surface area contributed by atoms with Crippen LogP contribution in [0.2, 0.25) is 0 Å². The van der Waals surface area contributed by atoms with Crippen LogP contribution in [0.5, 0.6) is 5.88 Å². The number of aryl methyl sites for hydroxylation is 1. The molecule has 4 aromatic rings. The van der Waals surface area contributed by atoms with Gasteiger partial charge in [-0.3, -0.25) is 9.59 Å². The smallest absolute Gasteiger partial charge is 0.255 e. The number of thiazole rings is 1. The van der Waals surface area contributed by atoms with Crippen molar-refractivity contribution in [3.05, 3.63) is 64.4 Å². The molecule has 4 rings (SSSR count). The molecule has 0 atom stereocenters. The predicted octanol–water partition coefficient (Wildman–Crippen LogP) is 3.79. The zero-order chi connectivity index (χ0) is 20.4. The van der Waals surface area contributed by atoms with Crippen LogP contribution in [0.25, 0.3) is 20.8 Å². The van der Waals surface area contributed by atoms with Gasteiger partial charge in [-0.05, 0) is 48.9 Å². The molecule has 146 valence electrons. The molecule has 0 spiro atoms. The van der Waals surface area contributed by atoms with Crippen LogP contribution in [-0.4, -0.2) is 31.7 Å². The van der Waals surface area contributed by atoms with Crippen molar-refractivity contribution in [2.45, 2.75) is 12.1 Å². The molecule has 29 heavy (non-hydrogen) atoms. The fourth-order valence-corrected chi connectivity index (χ4v) is 4.41. The van der Waals surface area contributed by atoms with Crippen molar-refractivity contribution in [3.63, 3.8) is 0 Å². The molecule has 7 nitrogen and oxygen atoms in total. The maximum Gasteiger partial charge on any atom is 0.255 e. The molecule has 2 aromatic carbocycles. The Morgan fingerprint density at radius 1 is 1.17 bits per heavy atom. The number of carbonyl (C=O) groups excluding carboxylic acids is 1. The van der Waals surface area contributed by atoms with E-state index in [1.807, 2.05) is 36.4 Å². The first-order chi connectivity index (χ1) is 14.0. The number of hydrogen-bond donors (Lipinski definition) is 3. The number of hydrogen-bond acceptors (Lipinski definition) is 7. The number of thioether (sulfide) groups is 1. The number of benzene rings is 2. The molecule has 0 fully saturated rings. The van der Waals surface area contributed by atoms with Crippen LogP contribution in [0.15, 0.2) is 58.5 Å². The summed E-state index contributed by atoms with van der Waals surface area (Å²) in [6.45, 7) is 2.06. The summed E-state index contributed by atoms with van der Waals surface area (Å²) in [4.78, 5) is 34.3. The first-order valence-electron chi connectivity index (χ1n) is 8.67. The lowest BCUT2D eigenvalue weighted by molar-refractivity contribution is -0.113. The van der Waals surface area contributed by atoms with Gasteiger partial charge in [-0.15, -0.1) is 11.3 Å². The van der Waals surface area contributed by atoms with Crippen molar-refractivity contribution < 1.29 is 9.90 Å². The van der Waals surface area contributed by atoms with Gasteiger partial charge in [-0.2, -0.15) is 4.98 Å². The quantitative estimate of drug-likeness (QED) is 0.332. The second-order valence-electron chi connectivity index (χ2n) is 6.31. The predicted molar refractivity (Wildman–Crippen MR) is 116 cm³/mol. The minimum absolute atomic E-state index is 0.0470. The lowest BCUT2D eigenvalue weighted by atomic mass is 10.2. The second-order valence-corrected chi connectivity index (χ2v) is 8.31. The van der Waals surface area contributed by atoms with E-state index in [2.05, 4.69) is 33.3 Å². The highest BCUT2D eigenvalue weighted by atomic mass is 32.2. The third-order valence-electron chi connectivity index (χ3n) is 4.01. The number of aromatic nitrogens is 3. The summed E-state index contributed by atoms with van der Waals surface area (Å²) in [7, 11) is 0. The second kappa shape index (κ2) is 8.06. The summed E-state index contributed by atoms with van der Waals surface area (Å²) in [5, 5.41) is 13.2. The Bertz CT molecular complexity index is 1250. The number of aromatic hydroxyl groups is 1. The molecule has 0 unspecified atom stereocenters. The third kappa shape index (κ3) is 4.64. The summed E-state index contributed by atoms with van der Waals surface area (Å²) in [6, 6.07) is 14.6. The van der Waals surface area contributed by atoms with Gasteiger partial charge in [0.05, 0.1) is 22.0 Å². The molecule has 2 heterocycles. The van der Waals surface area contributed by atoms with Crippen LogP contribution in [0, 0.1) is 6.92 Å². The van der Waals surface area contributed by atoms with E-state index >= 15 is 0 Å². The van der Waals surface area contributed by atoms with Gasteiger partial charge in [0.25, 0.3) is 5.56 Å². The number of anilines is 1. The van der Waals surface area contributed by atoms with E-state index in [0.29, 0.717) is 5.69 Å². The fraction of sp³-hybridized carbons (Fsp3) is 0.100. The largest absolute Gasteiger partial charge is 0.493 e. The molecule has 0 saturated carbocycles. The molecular formula is C20H16N4O3S2. The Labute approximate surface area is 173 Å². The Hall–Kier alpha value is -3.17. The SMILES string of the molecule is Cc1ccc2nc(-c3ccc(NC(=O)CSc4nc(O)cc(=O)[nH]4)cc3)sc2c1. The van der Waals surface area contributed by atoms with Gasteiger partial charge in [0.2, 0.25) is 11.8 Å². The van der Waals surface area contributed by atoms with Gasteiger partial charge < -0.3 is 15.4 Å². The Morgan fingerprint density at radius 2 is 1.97 bits per heavy atom. The normalized spacial score (nSPS) is 10.9. The Kier molecular flexibility index (Phi) is 5.32. The summed E-state index contributed by atoms with van der Waals surface area (Å²) >= 11 is 2.67. The molecule has 0 radical (unpaired) electrons. The van der Waals surface area contributed by atoms with Crippen molar-refractivity contribution >= 4 is 44.9 Å². The molecular weight excluding hydrogens is 408 g/mol. The molecule has 3 N–H and O–H groups in total. The summed E-state index contributed by atoms with van der Waals surface area (Å²) in [6.07, 6.45) is 0. The first kappa shape index (κ1) is 19.2. The van der Waals surface area contributed by atoms with E-state index in [1.54, 1.807) is 11.3 Å². The van der Waals surface area contributed by atoms with Crippen molar-refractivity contribution in [2.24, 2.45) is 0 Å². The Balaban J connectivity index is 1.40. The number of nitrogens with zero attached hydrogens (tertiary/aromatic N) is 2. The highest BCUT2D eigenvalue weighted by Gasteiger charge is 2.09. The van der Waals surface area contributed by atoms with E-state index in [9.17, 15) is 14.7 Å². The number of aromatic amines is 1. The number of amides is 1. The lowest BCUT2D eigenvalue weighted by Gasteiger charge is -2.05. The summed E-state index contributed by atoms with van der Waals surface area (Å²) < 4.78 is 1.15. The van der Waals surface area contributed by atoms with Crippen molar-refractivity contribution in [2.75, 3.05) is 11.1 Å². The van der Waals surface area contributed by atoms with Crippen molar-refractivity contribution in [1.29, 1.82) is 0 Å². The summed E-state index contributed by atoms with van der Waals surface area (Å²) in [5.41, 5.74) is 3.35. The molecule has 9 heteroatoms. The highest BCUT2D eigenvalue weighted by molar-refractivity contribution is 7.99. The minimum Gasteiger partial charge on any atom is -0.493 e. The number of nitrogens with one attached hydrogen (secondary N) is 2. The molecule has 0 bridgehead atoms. The number of carbonyl (C=O) groups is 1. The van der Waals surface area contributed by atoms with Crippen molar-refractivity contribution in [1.82, 2.24) is 15.0 Å². The monoisotopic (exact) mass is 424 g/mol. The molecule has 0 aliphatic rings. The zero-order valence-corrected chi connectivity index (χ0v) is 16.9. The van der Waals surface area contributed by atoms with Crippen LogP contribution in [0.4, 0.5) is 5.69 Å². The van der Waals surface area contributed by atoms with E-state index in [4.69, 9.17) is 0 Å². The van der Waals surface area contributed by atoms with Crippen LogP contribution < -0.4 is 10.9 Å². The maximum atomic E-state index is 12.1. The Morgan fingerprint density at radius 3 is 2.72 bits per heavy atom. The van der Waals surface area contributed by atoms with Crippen LogP contribution in [0.1, 0.15) is 5.56 Å². The van der Waals surface area contributed by atoms with E-state index in [0.717, 1.165) is 38.6 Å². The van der Waals surface area contributed by atoms with Gasteiger partial charge in [0.15, 0.2) is 5.16 Å². The van der Waals surface area contributed by atoms with Crippen LogP contribution in [0.3, 0.4) is 0 Å². The zero-order valence-electron chi connectivity index (χ0n) is 15.3. The average Bonchev–Trinajstić information content (AvgIpc) is 3.09. The molecule has 1 amide bonds. The summed E-state index contributed by atoms with van der Waals surface area (Å²) in [5.74, 6) is -0.577. The van der Waals surface area contributed by atoms with Gasteiger partial charge in [0, 0.05) is 11.3 Å². The van der Waals surface area contributed by atoms with Gasteiger partial charge >= 0.3 is 0 Å². The number of H-pyrrole nitrogens is 1. The number of fused-ring (bicyclic) bond motifs is 1. The van der Waals surface area contributed by atoms with Crippen LogP contribution in [-0.2, 0) is 4.79 Å². The maximum absolute atomic E-state index is 12.1. The topological polar surface area (TPSA) is 108 Å². The van der Waals surface area contributed by atoms with E-state index in [1.165, 1.54) is 5.56 Å². The lowest BCUT2D eigenvalue weighted by Crippen LogP contribution is -2.15. The first-order valence-corrected chi connectivity index (χ1v) is 10.5. The average molecular weight is 425 g/mol. The third-order valence-corrected chi connectivity index (χ3v) is 5.95. The minimum atomic E-state index is -0.471. The van der Waals surface area contributed by atoms with Gasteiger partial charge in [-0.1, -0.05) is 17.8 Å². The van der Waals surface area contributed by atoms with Crippen LogP contribution >= 0.6 is 23.1 Å². The molecule has 0 saturated heterocycles.